The highest BCUT2D eigenvalue weighted by atomic mass is 19.1. The maximum Gasteiger partial charge on any atom is 0.408 e. The first-order valence-corrected chi connectivity index (χ1v) is 14.3. The zero-order valence-electron chi connectivity index (χ0n) is 24.7. The van der Waals surface area contributed by atoms with Crippen LogP contribution in [0.4, 0.5) is 9.18 Å². The van der Waals surface area contributed by atoms with E-state index in [1.807, 2.05) is 0 Å². The Morgan fingerprint density at radius 2 is 1.98 bits per heavy atom. The van der Waals surface area contributed by atoms with Crippen molar-refractivity contribution in [2.24, 2.45) is 5.73 Å². The fourth-order valence-electron chi connectivity index (χ4n) is 6.54. The average molecular weight is 593 g/mol. The minimum Gasteiger partial charge on any atom is -0.457 e. The van der Waals surface area contributed by atoms with Crippen molar-refractivity contribution < 1.29 is 33.0 Å². The molecule has 226 valence electrons. The number of nitrogens with zero attached hydrogens (tertiary/aromatic N) is 2. The maximum absolute atomic E-state index is 15.1. The predicted octanol–water partition coefficient (Wildman–Crippen LogP) is 3.55. The number of alkyl carbamates (subject to hydrolysis) is 1. The van der Waals surface area contributed by atoms with Gasteiger partial charge in [-0.1, -0.05) is 6.92 Å². The van der Waals surface area contributed by atoms with Gasteiger partial charge in [-0.3, -0.25) is 9.59 Å². The zero-order valence-corrected chi connectivity index (χ0v) is 24.7. The molecular weight excluding hydrogens is 559 g/mol. The van der Waals surface area contributed by atoms with Gasteiger partial charge in [0.1, 0.15) is 18.0 Å². The number of ether oxygens (including phenoxy) is 3. The molecule has 12 heteroatoms. The standard InChI is InChI=1S/C31H33FN4O7/c1-6-31(42-23(37)11-33)18-9-22-26-16(12-36(22)27(38)17(18)13-41-28(31)39)25-20(35-29(40)43-30(3,4)5)8-7-15-14(2)19(32)10-21(34-26)24(15)25/h9-10,20H,6-8,11-13,33H2,1-5H3,(H,35,40)/t20-,31-/m0/s1. The molecule has 2 aliphatic heterocycles. The minimum atomic E-state index is -1.86. The number of nitrogens with one attached hydrogen (secondary N) is 1. The lowest BCUT2D eigenvalue weighted by Crippen LogP contribution is -2.48. The highest BCUT2D eigenvalue weighted by molar-refractivity contribution is 5.94. The van der Waals surface area contributed by atoms with Crippen molar-refractivity contribution >= 4 is 28.9 Å². The van der Waals surface area contributed by atoms with Crippen LogP contribution in [0.2, 0.25) is 0 Å². The molecule has 3 aromatic rings. The van der Waals surface area contributed by atoms with Gasteiger partial charge in [-0.25, -0.2) is 19.0 Å². The number of nitrogens with two attached hydrogens (primary N) is 1. The molecule has 0 unspecified atom stereocenters. The molecule has 11 nitrogen and oxygen atoms in total. The van der Waals surface area contributed by atoms with Crippen molar-refractivity contribution in [3.05, 3.63) is 61.7 Å². The van der Waals surface area contributed by atoms with Crippen LogP contribution in [0.25, 0.3) is 22.3 Å². The summed E-state index contributed by atoms with van der Waals surface area (Å²) in [6, 6.07) is 2.51. The van der Waals surface area contributed by atoms with E-state index in [4.69, 9.17) is 24.9 Å². The highest BCUT2D eigenvalue weighted by Gasteiger charge is 2.50. The van der Waals surface area contributed by atoms with Gasteiger partial charge in [-0.2, -0.15) is 0 Å². The molecule has 43 heavy (non-hydrogen) atoms. The molecule has 1 aromatic carbocycles. The Kier molecular flexibility index (Phi) is 6.60. The quantitative estimate of drug-likeness (QED) is 0.268. The fourth-order valence-corrected chi connectivity index (χ4v) is 6.54. The van der Waals surface area contributed by atoms with E-state index in [-0.39, 0.29) is 30.7 Å². The van der Waals surface area contributed by atoms with Crippen LogP contribution in [0.1, 0.15) is 80.0 Å². The van der Waals surface area contributed by atoms with Gasteiger partial charge in [-0.15, -0.1) is 0 Å². The summed E-state index contributed by atoms with van der Waals surface area (Å²) in [7, 11) is 0. The molecule has 0 saturated heterocycles. The number of amides is 1. The highest BCUT2D eigenvalue weighted by Crippen LogP contribution is 2.46. The van der Waals surface area contributed by atoms with E-state index in [1.54, 1.807) is 40.7 Å². The lowest BCUT2D eigenvalue weighted by Gasteiger charge is -2.35. The summed E-state index contributed by atoms with van der Waals surface area (Å²) in [6.07, 6.45) is 0.416. The van der Waals surface area contributed by atoms with Crippen molar-refractivity contribution in [1.29, 1.82) is 0 Å². The number of hydrogen-bond acceptors (Lipinski definition) is 9. The average Bonchev–Trinajstić information content (AvgIpc) is 3.31. The van der Waals surface area contributed by atoms with Gasteiger partial charge >= 0.3 is 18.0 Å². The predicted molar refractivity (Wildman–Crippen MR) is 153 cm³/mol. The number of aromatic nitrogens is 2. The number of carbonyl (C=O) groups excluding carboxylic acids is 3. The number of pyridine rings is 2. The summed E-state index contributed by atoms with van der Waals surface area (Å²) in [5.41, 5.74) is 6.86. The van der Waals surface area contributed by atoms with Crippen LogP contribution < -0.4 is 16.6 Å². The Morgan fingerprint density at radius 1 is 1.23 bits per heavy atom. The smallest absolute Gasteiger partial charge is 0.408 e. The third kappa shape index (κ3) is 4.38. The van der Waals surface area contributed by atoms with Gasteiger partial charge in [0.2, 0.25) is 5.60 Å². The lowest BCUT2D eigenvalue weighted by molar-refractivity contribution is -0.188. The number of benzene rings is 1. The van der Waals surface area contributed by atoms with Gasteiger partial charge in [0.05, 0.1) is 41.6 Å². The zero-order chi connectivity index (χ0) is 31.0. The summed E-state index contributed by atoms with van der Waals surface area (Å²) in [4.78, 5) is 57.1. The Bertz CT molecular complexity index is 1810. The maximum atomic E-state index is 15.1. The molecule has 0 spiro atoms. The van der Waals surface area contributed by atoms with Crippen molar-refractivity contribution in [3.8, 4) is 11.4 Å². The molecule has 0 fully saturated rings. The van der Waals surface area contributed by atoms with E-state index in [0.717, 1.165) is 16.5 Å². The van der Waals surface area contributed by atoms with Gasteiger partial charge in [-0.05, 0) is 69.7 Å². The Morgan fingerprint density at radius 3 is 2.65 bits per heavy atom. The molecule has 2 aromatic heterocycles. The molecule has 4 heterocycles. The van der Waals surface area contributed by atoms with Crippen molar-refractivity contribution in [1.82, 2.24) is 14.9 Å². The first-order valence-electron chi connectivity index (χ1n) is 14.3. The molecule has 6 rings (SSSR count). The SMILES string of the molecule is CC[C@@]1(OC(=O)CN)C(=O)OCc2c1cc1n(c2=O)Cc2c-1nc1cc(F)c(C)c3c1c2[C@@H](NC(=O)OC(C)(C)C)CC3. The van der Waals surface area contributed by atoms with E-state index in [0.29, 0.717) is 40.9 Å². The van der Waals surface area contributed by atoms with Crippen LogP contribution in [0, 0.1) is 12.7 Å². The second-order valence-electron chi connectivity index (χ2n) is 12.2. The number of halogens is 1. The third-order valence-corrected chi connectivity index (χ3v) is 8.49. The third-order valence-electron chi connectivity index (χ3n) is 8.49. The largest absolute Gasteiger partial charge is 0.457 e. The molecule has 0 bridgehead atoms. The number of hydrogen-bond donors (Lipinski definition) is 2. The van der Waals surface area contributed by atoms with Crippen molar-refractivity contribution in [3.63, 3.8) is 0 Å². The van der Waals surface area contributed by atoms with Gasteiger partial charge in [0, 0.05) is 22.6 Å². The van der Waals surface area contributed by atoms with E-state index in [1.165, 1.54) is 10.6 Å². The number of fused-ring (bicyclic) bond motifs is 5. The Labute approximate surface area is 246 Å². The second kappa shape index (κ2) is 9.87. The van der Waals surface area contributed by atoms with Crippen LogP contribution in [-0.2, 0) is 49.0 Å². The molecule has 0 saturated carbocycles. The minimum absolute atomic E-state index is 0.00640. The molecule has 0 radical (unpaired) electrons. The normalized spacial score (nSPS) is 20.2. The summed E-state index contributed by atoms with van der Waals surface area (Å²) in [5, 5.41) is 3.73. The lowest BCUT2D eigenvalue weighted by atomic mass is 9.81. The summed E-state index contributed by atoms with van der Waals surface area (Å²) in [5.74, 6) is -2.02. The number of rotatable bonds is 4. The number of carbonyl (C=O) groups is 3. The molecule has 1 amide bonds. The molecule has 1 aliphatic carbocycles. The number of cyclic esters (lactones) is 1. The second-order valence-corrected chi connectivity index (χ2v) is 12.2. The molecule has 2 atom stereocenters. The van der Waals surface area contributed by atoms with E-state index < -0.39 is 53.2 Å². The Balaban J connectivity index is 1.59. The molecular formula is C31H33FN4O7. The van der Waals surface area contributed by atoms with Crippen LogP contribution >= 0.6 is 0 Å². The molecule has 3 N–H and O–H groups in total. The first kappa shape index (κ1) is 28.8. The summed E-state index contributed by atoms with van der Waals surface area (Å²) < 4.78 is 33.1. The van der Waals surface area contributed by atoms with Crippen LogP contribution in [0.5, 0.6) is 0 Å². The van der Waals surface area contributed by atoms with E-state index >= 15 is 4.39 Å². The van der Waals surface area contributed by atoms with E-state index in [2.05, 4.69) is 5.32 Å². The van der Waals surface area contributed by atoms with Crippen LogP contribution in [-0.4, -0.2) is 39.7 Å². The summed E-state index contributed by atoms with van der Waals surface area (Å²) in [6.45, 7) is 8.08. The first-order chi connectivity index (χ1) is 20.3. The van der Waals surface area contributed by atoms with Gasteiger partial charge in [0.25, 0.3) is 5.56 Å². The van der Waals surface area contributed by atoms with Crippen molar-refractivity contribution in [2.45, 2.75) is 84.3 Å². The monoisotopic (exact) mass is 592 g/mol. The van der Waals surface area contributed by atoms with Crippen LogP contribution in [0.3, 0.4) is 0 Å². The number of esters is 2. The topological polar surface area (TPSA) is 152 Å². The number of aryl methyl sites for hydroxylation is 1. The van der Waals surface area contributed by atoms with E-state index in [9.17, 15) is 19.2 Å². The van der Waals surface area contributed by atoms with Crippen LogP contribution in [0.15, 0.2) is 16.9 Å². The summed E-state index contributed by atoms with van der Waals surface area (Å²) >= 11 is 0. The van der Waals surface area contributed by atoms with Gasteiger partial charge in [0.15, 0.2) is 0 Å². The van der Waals surface area contributed by atoms with Gasteiger partial charge < -0.3 is 29.8 Å². The Hall–Kier alpha value is -4.32. The fraction of sp³-hybridized carbons (Fsp3) is 0.452. The molecule has 3 aliphatic rings. The van der Waals surface area contributed by atoms with Crippen molar-refractivity contribution in [2.75, 3.05) is 6.54 Å².